The molecule has 0 unspecified atom stereocenters. The van der Waals surface area contributed by atoms with Crippen LogP contribution >= 0.6 is 0 Å². The molecule has 0 aliphatic heterocycles. The molecule has 1 aromatic carbocycles. The summed E-state index contributed by atoms with van der Waals surface area (Å²) >= 11 is 0. The van der Waals surface area contributed by atoms with E-state index in [0.29, 0.717) is 17.3 Å². The van der Waals surface area contributed by atoms with Gasteiger partial charge in [-0.2, -0.15) is 5.10 Å². The van der Waals surface area contributed by atoms with Gasteiger partial charge < -0.3 is 10.1 Å². The van der Waals surface area contributed by atoms with Gasteiger partial charge in [-0.25, -0.2) is 0 Å². The van der Waals surface area contributed by atoms with Crippen molar-refractivity contribution in [2.75, 3.05) is 12.4 Å². The van der Waals surface area contributed by atoms with Gasteiger partial charge in [-0.3, -0.25) is 14.8 Å². The van der Waals surface area contributed by atoms with Gasteiger partial charge in [-0.15, -0.1) is 0 Å². The minimum Gasteiger partial charge on any atom is -0.497 e. The summed E-state index contributed by atoms with van der Waals surface area (Å²) in [7, 11) is 3.27. The molecule has 0 bridgehead atoms. The average Bonchev–Trinajstić information content (AvgIpc) is 2.74. The molecule has 0 amide bonds. The predicted octanol–water partition coefficient (Wildman–Crippen LogP) is 2.08. The fraction of sp³-hybridized carbons (Fsp3) is 0.182. The van der Waals surface area contributed by atoms with E-state index < -0.39 is 4.92 Å². The first kappa shape index (κ1) is 11.9. The maximum atomic E-state index is 10.9. The van der Waals surface area contributed by atoms with Crippen LogP contribution in [0.1, 0.15) is 0 Å². The highest BCUT2D eigenvalue weighted by Gasteiger charge is 2.15. The van der Waals surface area contributed by atoms with E-state index in [0.717, 1.165) is 0 Å². The monoisotopic (exact) mass is 248 g/mol. The summed E-state index contributed by atoms with van der Waals surface area (Å²) in [6.07, 6.45) is 1.74. The zero-order valence-electron chi connectivity index (χ0n) is 9.95. The minimum atomic E-state index is -0.454. The van der Waals surface area contributed by atoms with Crippen molar-refractivity contribution in [3.8, 4) is 5.75 Å². The third-order valence-electron chi connectivity index (χ3n) is 2.38. The molecule has 0 fully saturated rings. The molecule has 0 aliphatic rings. The van der Waals surface area contributed by atoms with Crippen molar-refractivity contribution in [1.29, 1.82) is 0 Å². The SMILES string of the molecule is COc1ccc([N+](=O)[O-])c(Nc2ccn(C)n2)c1. The maximum Gasteiger partial charge on any atom is 0.292 e. The second-order valence-corrected chi connectivity index (χ2v) is 3.64. The second kappa shape index (κ2) is 4.74. The van der Waals surface area contributed by atoms with E-state index in [1.807, 2.05) is 0 Å². The van der Waals surface area contributed by atoms with Crippen LogP contribution in [0.2, 0.25) is 0 Å². The van der Waals surface area contributed by atoms with Gasteiger partial charge in [0.1, 0.15) is 11.4 Å². The van der Waals surface area contributed by atoms with Crippen molar-refractivity contribution in [1.82, 2.24) is 9.78 Å². The van der Waals surface area contributed by atoms with Gasteiger partial charge >= 0.3 is 0 Å². The number of nitro groups is 1. The van der Waals surface area contributed by atoms with Crippen molar-refractivity contribution in [3.63, 3.8) is 0 Å². The molecular formula is C11H12N4O3. The van der Waals surface area contributed by atoms with Gasteiger partial charge in [0, 0.05) is 31.4 Å². The van der Waals surface area contributed by atoms with Crippen molar-refractivity contribution in [3.05, 3.63) is 40.6 Å². The molecule has 0 atom stereocenters. The van der Waals surface area contributed by atoms with Crippen LogP contribution in [-0.2, 0) is 7.05 Å². The van der Waals surface area contributed by atoms with Gasteiger partial charge in [0.15, 0.2) is 5.82 Å². The smallest absolute Gasteiger partial charge is 0.292 e. The van der Waals surface area contributed by atoms with Gasteiger partial charge in [0.25, 0.3) is 5.69 Å². The van der Waals surface area contributed by atoms with Crippen LogP contribution in [0, 0.1) is 10.1 Å². The van der Waals surface area contributed by atoms with E-state index in [1.54, 1.807) is 36.1 Å². The number of aryl methyl sites for hydroxylation is 1. The molecule has 1 heterocycles. The molecule has 1 aromatic heterocycles. The van der Waals surface area contributed by atoms with Crippen molar-refractivity contribution in [2.24, 2.45) is 7.05 Å². The second-order valence-electron chi connectivity index (χ2n) is 3.64. The summed E-state index contributed by atoms with van der Waals surface area (Å²) in [5.74, 6) is 1.08. The van der Waals surface area contributed by atoms with E-state index in [2.05, 4.69) is 10.4 Å². The third kappa shape index (κ3) is 2.40. The Kier molecular flexibility index (Phi) is 3.13. The van der Waals surface area contributed by atoms with E-state index >= 15 is 0 Å². The third-order valence-corrected chi connectivity index (χ3v) is 2.38. The molecular weight excluding hydrogens is 236 g/mol. The molecule has 0 spiro atoms. The Bertz CT molecular complexity index is 579. The molecule has 2 rings (SSSR count). The van der Waals surface area contributed by atoms with Gasteiger partial charge in [-0.1, -0.05) is 0 Å². The van der Waals surface area contributed by atoms with Gasteiger partial charge in [0.2, 0.25) is 0 Å². The highest BCUT2D eigenvalue weighted by atomic mass is 16.6. The Balaban J connectivity index is 2.37. The Labute approximate surface area is 103 Å². The molecule has 0 saturated carbocycles. The Hall–Kier alpha value is -2.57. The lowest BCUT2D eigenvalue weighted by Gasteiger charge is -2.06. The zero-order chi connectivity index (χ0) is 13.1. The first-order valence-electron chi connectivity index (χ1n) is 5.19. The van der Waals surface area contributed by atoms with Crippen LogP contribution in [0.25, 0.3) is 0 Å². The lowest BCUT2D eigenvalue weighted by molar-refractivity contribution is -0.383. The highest BCUT2D eigenvalue weighted by molar-refractivity contribution is 5.69. The minimum absolute atomic E-state index is 0.0264. The number of benzene rings is 1. The number of nitrogens with one attached hydrogen (secondary N) is 1. The van der Waals surface area contributed by atoms with Gasteiger partial charge in [0.05, 0.1) is 12.0 Å². The quantitative estimate of drug-likeness (QED) is 0.661. The standard InChI is InChI=1S/C11H12N4O3/c1-14-6-5-11(13-14)12-9-7-8(18-2)3-4-10(9)15(16)17/h3-7H,1-2H3,(H,12,13). The van der Waals surface area contributed by atoms with Crippen LogP contribution < -0.4 is 10.1 Å². The lowest BCUT2D eigenvalue weighted by atomic mass is 10.2. The molecule has 94 valence electrons. The molecule has 7 nitrogen and oxygen atoms in total. The number of aromatic nitrogens is 2. The summed E-state index contributed by atoms with van der Waals surface area (Å²) in [4.78, 5) is 10.5. The molecule has 0 aliphatic carbocycles. The van der Waals surface area contributed by atoms with Crippen LogP contribution in [0.15, 0.2) is 30.5 Å². The first-order valence-corrected chi connectivity index (χ1v) is 5.19. The predicted molar refractivity (Wildman–Crippen MR) is 66.1 cm³/mol. The fourth-order valence-electron chi connectivity index (χ4n) is 1.52. The highest BCUT2D eigenvalue weighted by Crippen LogP contribution is 2.30. The first-order chi connectivity index (χ1) is 8.60. The number of rotatable bonds is 4. The van der Waals surface area contributed by atoms with Crippen LogP contribution in [0.4, 0.5) is 17.2 Å². The van der Waals surface area contributed by atoms with Crippen LogP contribution in [0.3, 0.4) is 0 Å². The van der Waals surface area contributed by atoms with E-state index in [4.69, 9.17) is 4.74 Å². The Morgan fingerprint density at radius 2 is 2.22 bits per heavy atom. The van der Waals surface area contributed by atoms with Crippen LogP contribution in [-0.4, -0.2) is 21.8 Å². The molecule has 18 heavy (non-hydrogen) atoms. The normalized spacial score (nSPS) is 10.1. The van der Waals surface area contributed by atoms with Crippen LogP contribution in [0.5, 0.6) is 5.75 Å². The molecule has 7 heteroatoms. The number of nitro benzene ring substituents is 1. The van der Waals surface area contributed by atoms with Gasteiger partial charge in [-0.05, 0) is 6.07 Å². The largest absolute Gasteiger partial charge is 0.497 e. The Morgan fingerprint density at radius 3 is 2.78 bits per heavy atom. The fourth-order valence-corrected chi connectivity index (χ4v) is 1.52. The molecule has 0 saturated heterocycles. The zero-order valence-corrected chi connectivity index (χ0v) is 9.95. The van der Waals surface area contributed by atoms with E-state index in [9.17, 15) is 10.1 Å². The molecule has 0 radical (unpaired) electrons. The van der Waals surface area contributed by atoms with Crippen molar-refractivity contribution < 1.29 is 9.66 Å². The molecule has 1 N–H and O–H groups in total. The van der Waals surface area contributed by atoms with E-state index in [1.165, 1.54) is 13.2 Å². The summed E-state index contributed by atoms with van der Waals surface area (Å²) < 4.78 is 6.65. The summed E-state index contributed by atoms with van der Waals surface area (Å²) in [5.41, 5.74) is 0.319. The number of hydrogen-bond acceptors (Lipinski definition) is 5. The topological polar surface area (TPSA) is 82.2 Å². The summed E-state index contributed by atoms with van der Waals surface area (Å²) in [5, 5.41) is 17.9. The van der Waals surface area contributed by atoms with Crippen molar-refractivity contribution >= 4 is 17.2 Å². The number of nitrogens with zero attached hydrogens (tertiary/aromatic N) is 3. The summed E-state index contributed by atoms with van der Waals surface area (Å²) in [6, 6.07) is 6.22. The average molecular weight is 248 g/mol. The van der Waals surface area contributed by atoms with Crippen molar-refractivity contribution in [2.45, 2.75) is 0 Å². The molecule has 2 aromatic rings. The number of anilines is 2. The number of hydrogen-bond donors (Lipinski definition) is 1. The van der Waals surface area contributed by atoms with E-state index in [-0.39, 0.29) is 5.69 Å². The lowest BCUT2D eigenvalue weighted by Crippen LogP contribution is -1.99. The number of methoxy groups -OCH3 is 1. The Morgan fingerprint density at radius 1 is 1.44 bits per heavy atom. The maximum absolute atomic E-state index is 10.9. The number of ether oxygens (including phenoxy) is 1. The summed E-state index contributed by atoms with van der Waals surface area (Å²) in [6.45, 7) is 0.